The number of hydrogen-bond donors (Lipinski definition) is 1. The monoisotopic (exact) mass is 364 g/mol. The first kappa shape index (κ1) is 18.3. The van der Waals surface area contributed by atoms with Gasteiger partial charge >= 0.3 is 5.97 Å². The van der Waals surface area contributed by atoms with E-state index in [-0.39, 0.29) is 0 Å². The predicted molar refractivity (Wildman–Crippen MR) is 103 cm³/mol. The number of carbonyl (C=O) groups excluding carboxylic acids is 1. The molecule has 6 nitrogen and oxygen atoms in total. The molecule has 138 valence electrons. The standard InChI is InChI=1S/C21H20N2O4/c1-25-19-10-9-15(12-18(19)21(24)26-2)13-22-23-14-16-6-3-4-7-17(16)20-8-5-11-27-20/h3-13,23H,14H2,1-2H3. The highest BCUT2D eigenvalue weighted by atomic mass is 16.5. The topological polar surface area (TPSA) is 73.1 Å². The molecular formula is C21H20N2O4. The molecule has 0 saturated heterocycles. The molecule has 0 spiro atoms. The van der Waals surface area contributed by atoms with Gasteiger partial charge in [-0.1, -0.05) is 24.3 Å². The molecule has 0 aliphatic heterocycles. The van der Waals surface area contributed by atoms with Crippen LogP contribution in [0, 0.1) is 0 Å². The Morgan fingerprint density at radius 3 is 2.74 bits per heavy atom. The lowest BCUT2D eigenvalue weighted by molar-refractivity contribution is 0.0597. The molecule has 1 N–H and O–H groups in total. The number of hydrazone groups is 1. The van der Waals surface area contributed by atoms with Gasteiger partial charge in [0, 0.05) is 5.56 Å². The Kier molecular flexibility index (Phi) is 5.89. The fourth-order valence-electron chi connectivity index (χ4n) is 2.67. The normalized spacial score (nSPS) is 10.7. The Labute approximate surface area is 157 Å². The molecule has 3 aromatic rings. The number of hydrogen-bond acceptors (Lipinski definition) is 6. The number of ether oxygens (including phenoxy) is 2. The Morgan fingerprint density at radius 1 is 1.15 bits per heavy atom. The third kappa shape index (κ3) is 4.36. The van der Waals surface area contributed by atoms with Gasteiger partial charge in [-0.2, -0.15) is 5.10 Å². The fourth-order valence-corrected chi connectivity index (χ4v) is 2.67. The fraction of sp³-hybridized carbons (Fsp3) is 0.143. The number of furan rings is 1. The molecule has 0 atom stereocenters. The van der Waals surface area contributed by atoms with E-state index in [0.29, 0.717) is 17.9 Å². The van der Waals surface area contributed by atoms with Crippen molar-refractivity contribution in [1.29, 1.82) is 0 Å². The predicted octanol–water partition coefficient (Wildman–Crippen LogP) is 3.87. The first-order chi connectivity index (χ1) is 13.2. The van der Waals surface area contributed by atoms with Crippen LogP contribution in [0.25, 0.3) is 11.3 Å². The van der Waals surface area contributed by atoms with Crippen molar-refractivity contribution >= 4 is 12.2 Å². The summed E-state index contributed by atoms with van der Waals surface area (Å²) in [5.41, 5.74) is 6.21. The quantitative estimate of drug-likeness (QED) is 0.391. The number of esters is 1. The average molecular weight is 364 g/mol. The van der Waals surface area contributed by atoms with Crippen molar-refractivity contribution in [2.24, 2.45) is 5.10 Å². The molecule has 0 unspecified atom stereocenters. The molecule has 0 amide bonds. The van der Waals surface area contributed by atoms with Gasteiger partial charge in [0.2, 0.25) is 0 Å². The van der Waals surface area contributed by atoms with E-state index in [1.165, 1.54) is 14.2 Å². The molecular weight excluding hydrogens is 344 g/mol. The molecule has 1 aromatic heterocycles. The summed E-state index contributed by atoms with van der Waals surface area (Å²) in [7, 11) is 2.84. The van der Waals surface area contributed by atoms with Crippen LogP contribution in [-0.2, 0) is 11.3 Å². The van der Waals surface area contributed by atoms with Crippen LogP contribution >= 0.6 is 0 Å². The zero-order valence-electron chi connectivity index (χ0n) is 15.1. The molecule has 3 rings (SSSR count). The maximum absolute atomic E-state index is 11.8. The third-order valence-corrected chi connectivity index (χ3v) is 4.01. The van der Waals surface area contributed by atoms with Gasteiger partial charge in [-0.25, -0.2) is 4.79 Å². The lowest BCUT2D eigenvalue weighted by Crippen LogP contribution is -2.07. The van der Waals surface area contributed by atoms with Gasteiger partial charge < -0.3 is 19.3 Å². The second-order valence-electron chi connectivity index (χ2n) is 5.68. The molecule has 1 heterocycles. The van der Waals surface area contributed by atoms with E-state index >= 15 is 0 Å². The highest BCUT2D eigenvalue weighted by Crippen LogP contribution is 2.24. The van der Waals surface area contributed by atoms with Crippen LogP contribution in [0.5, 0.6) is 5.75 Å². The van der Waals surface area contributed by atoms with E-state index in [0.717, 1.165) is 22.5 Å². The number of carbonyl (C=O) groups is 1. The molecule has 0 bridgehead atoms. The van der Waals surface area contributed by atoms with Crippen molar-refractivity contribution in [1.82, 2.24) is 5.43 Å². The first-order valence-corrected chi connectivity index (χ1v) is 8.37. The Bertz CT molecular complexity index is 933. The van der Waals surface area contributed by atoms with E-state index in [1.54, 1.807) is 24.6 Å². The van der Waals surface area contributed by atoms with E-state index in [4.69, 9.17) is 13.9 Å². The molecule has 0 aliphatic carbocycles. The maximum Gasteiger partial charge on any atom is 0.341 e. The van der Waals surface area contributed by atoms with Crippen molar-refractivity contribution in [2.75, 3.05) is 14.2 Å². The van der Waals surface area contributed by atoms with Gasteiger partial charge in [0.1, 0.15) is 17.1 Å². The zero-order chi connectivity index (χ0) is 19.1. The van der Waals surface area contributed by atoms with Crippen LogP contribution in [0.15, 0.2) is 70.4 Å². The second kappa shape index (κ2) is 8.71. The number of benzene rings is 2. The number of rotatable bonds is 7. The van der Waals surface area contributed by atoms with Crippen LogP contribution in [0.3, 0.4) is 0 Å². The highest BCUT2D eigenvalue weighted by Gasteiger charge is 2.12. The zero-order valence-corrected chi connectivity index (χ0v) is 15.1. The van der Waals surface area contributed by atoms with Gasteiger partial charge in [-0.3, -0.25) is 0 Å². The summed E-state index contributed by atoms with van der Waals surface area (Å²) in [4.78, 5) is 11.8. The Balaban J connectivity index is 1.70. The van der Waals surface area contributed by atoms with Gasteiger partial charge in [-0.15, -0.1) is 0 Å². The van der Waals surface area contributed by atoms with Crippen molar-refractivity contribution in [2.45, 2.75) is 6.54 Å². The largest absolute Gasteiger partial charge is 0.496 e. The van der Waals surface area contributed by atoms with Crippen molar-refractivity contribution < 1.29 is 18.7 Å². The number of nitrogens with one attached hydrogen (secondary N) is 1. The highest BCUT2D eigenvalue weighted by molar-refractivity contribution is 5.95. The van der Waals surface area contributed by atoms with Crippen LogP contribution in [0.4, 0.5) is 0 Å². The minimum absolute atomic E-state index is 0.354. The number of methoxy groups -OCH3 is 2. The molecule has 0 fully saturated rings. The van der Waals surface area contributed by atoms with Gasteiger partial charge in [0.25, 0.3) is 0 Å². The van der Waals surface area contributed by atoms with E-state index in [2.05, 4.69) is 10.5 Å². The van der Waals surface area contributed by atoms with Crippen molar-refractivity contribution in [3.05, 3.63) is 77.6 Å². The molecule has 0 saturated carbocycles. The summed E-state index contributed by atoms with van der Waals surface area (Å²) in [5.74, 6) is 0.816. The minimum atomic E-state index is -0.456. The molecule has 0 radical (unpaired) electrons. The van der Waals surface area contributed by atoms with Gasteiger partial charge in [0.15, 0.2) is 0 Å². The minimum Gasteiger partial charge on any atom is -0.496 e. The average Bonchev–Trinajstić information content (AvgIpc) is 3.25. The summed E-state index contributed by atoms with van der Waals surface area (Å²) in [6, 6.07) is 16.9. The van der Waals surface area contributed by atoms with Crippen LogP contribution in [0.2, 0.25) is 0 Å². The Hall–Kier alpha value is -3.54. The summed E-state index contributed by atoms with van der Waals surface area (Å²) in [5, 5.41) is 4.24. The van der Waals surface area contributed by atoms with Crippen LogP contribution < -0.4 is 10.2 Å². The van der Waals surface area contributed by atoms with Crippen LogP contribution in [-0.4, -0.2) is 26.4 Å². The summed E-state index contributed by atoms with van der Waals surface area (Å²) >= 11 is 0. The summed E-state index contributed by atoms with van der Waals surface area (Å²) in [6.45, 7) is 0.535. The van der Waals surface area contributed by atoms with Crippen LogP contribution in [0.1, 0.15) is 21.5 Å². The SMILES string of the molecule is COC(=O)c1cc(C=NNCc2ccccc2-c2ccco2)ccc1OC. The van der Waals surface area contributed by atoms with Crippen molar-refractivity contribution in [3.63, 3.8) is 0 Å². The van der Waals surface area contributed by atoms with Gasteiger partial charge in [0.05, 0.1) is 33.2 Å². The third-order valence-electron chi connectivity index (χ3n) is 4.01. The van der Waals surface area contributed by atoms with Crippen molar-refractivity contribution in [3.8, 4) is 17.1 Å². The lowest BCUT2D eigenvalue weighted by atomic mass is 10.1. The summed E-state index contributed by atoms with van der Waals surface area (Å²) in [6.07, 6.45) is 3.29. The maximum atomic E-state index is 11.8. The van der Waals surface area contributed by atoms with E-state index < -0.39 is 5.97 Å². The molecule has 2 aromatic carbocycles. The summed E-state index contributed by atoms with van der Waals surface area (Å²) < 4.78 is 15.4. The molecule has 27 heavy (non-hydrogen) atoms. The second-order valence-corrected chi connectivity index (χ2v) is 5.68. The smallest absolute Gasteiger partial charge is 0.341 e. The first-order valence-electron chi connectivity index (χ1n) is 8.37. The van der Waals surface area contributed by atoms with E-state index in [1.807, 2.05) is 42.5 Å². The molecule has 6 heteroatoms. The molecule has 0 aliphatic rings. The Morgan fingerprint density at radius 2 is 2.00 bits per heavy atom. The van der Waals surface area contributed by atoms with Gasteiger partial charge in [-0.05, 0) is 41.5 Å². The lowest BCUT2D eigenvalue weighted by Gasteiger charge is -2.08. The van der Waals surface area contributed by atoms with E-state index in [9.17, 15) is 4.79 Å². The number of nitrogens with zero attached hydrogens (tertiary/aromatic N) is 1.